The quantitative estimate of drug-likeness (QED) is 0.647. The van der Waals surface area contributed by atoms with Crippen LogP contribution in [0.15, 0.2) is 6.33 Å². The van der Waals surface area contributed by atoms with Crippen LogP contribution in [0.4, 0.5) is 0 Å². The molecule has 0 radical (unpaired) electrons. The van der Waals surface area contributed by atoms with Gasteiger partial charge in [-0.25, -0.2) is 9.67 Å². The molecule has 1 N–H and O–H groups in total. The molecule has 0 unspecified atom stereocenters. The molecule has 0 spiro atoms. The molecule has 0 atom stereocenters. The Morgan fingerprint density at radius 3 is 2.94 bits per heavy atom. The molecule has 0 aliphatic heterocycles. The highest BCUT2D eigenvalue weighted by Crippen LogP contribution is 2.00. The molecular weight excluding hydrogens is 228 g/mol. The Hall–Kier alpha value is -0.940. The van der Waals surface area contributed by atoms with Gasteiger partial charge < -0.3 is 10.1 Å². The molecule has 0 aromatic carbocycles. The summed E-state index contributed by atoms with van der Waals surface area (Å²) in [4.78, 5) is 4.27. The summed E-state index contributed by atoms with van der Waals surface area (Å²) in [7, 11) is 0. The lowest BCUT2D eigenvalue weighted by atomic mass is 10.2. The van der Waals surface area contributed by atoms with E-state index in [2.05, 4.69) is 36.2 Å². The maximum atomic E-state index is 5.48. The van der Waals surface area contributed by atoms with E-state index in [0.717, 1.165) is 45.1 Å². The van der Waals surface area contributed by atoms with Crippen molar-refractivity contribution in [2.45, 2.75) is 46.7 Å². The van der Waals surface area contributed by atoms with Crippen molar-refractivity contribution in [2.24, 2.45) is 5.92 Å². The number of hydrogen-bond acceptors (Lipinski definition) is 4. The normalized spacial score (nSPS) is 11.3. The van der Waals surface area contributed by atoms with Crippen LogP contribution in [-0.4, -0.2) is 34.5 Å². The molecule has 104 valence electrons. The van der Waals surface area contributed by atoms with E-state index in [9.17, 15) is 0 Å². The third-order valence-electron chi connectivity index (χ3n) is 2.58. The van der Waals surface area contributed by atoms with Crippen molar-refractivity contribution in [3.05, 3.63) is 12.2 Å². The smallest absolute Gasteiger partial charge is 0.140 e. The summed E-state index contributed by atoms with van der Waals surface area (Å²) in [5.41, 5.74) is 0. The molecule has 0 aliphatic rings. The van der Waals surface area contributed by atoms with Gasteiger partial charge in [-0.2, -0.15) is 5.10 Å². The number of rotatable bonds is 10. The molecule has 1 rings (SSSR count). The van der Waals surface area contributed by atoms with Crippen molar-refractivity contribution in [2.75, 3.05) is 19.8 Å². The highest BCUT2D eigenvalue weighted by molar-refractivity contribution is 4.83. The van der Waals surface area contributed by atoms with E-state index in [-0.39, 0.29) is 0 Å². The second-order valence-electron chi connectivity index (χ2n) is 4.89. The second-order valence-corrected chi connectivity index (χ2v) is 4.89. The third-order valence-corrected chi connectivity index (χ3v) is 2.58. The average molecular weight is 254 g/mol. The van der Waals surface area contributed by atoms with Crippen LogP contribution >= 0.6 is 0 Å². The van der Waals surface area contributed by atoms with Gasteiger partial charge in [0.15, 0.2) is 0 Å². The van der Waals surface area contributed by atoms with Crippen molar-refractivity contribution in [3.8, 4) is 0 Å². The summed E-state index contributed by atoms with van der Waals surface area (Å²) in [5, 5.41) is 7.56. The Labute approximate surface area is 110 Å². The zero-order valence-corrected chi connectivity index (χ0v) is 11.9. The molecular formula is C13H26N4O. The van der Waals surface area contributed by atoms with Gasteiger partial charge in [-0.3, -0.25) is 0 Å². The first-order valence-corrected chi connectivity index (χ1v) is 6.89. The zero-order chi connectivity index (χ0) is 13.2. The van der Waals surface area contributed by atoms with Gasteiger partial charge in [0.1, 0.15) is 12.2 Å². The summed E-state index contributed by atoms with van der Waals surface area (Å²) >= 11 is 0. The number of ether oxygens (including phenoxy) is 1. The molecule has 0 fully saturated rings. The van der Waals surface area contributed by atoms with Crippen LogP contribution in [0.25, 0.3) is 0 Å². The SMILES string of the molecule is CCCCOCCNCc1ncnn1CC(C)C. The molecule has 5 heteroatoms. The monoisotopic (exact) mass is 254 g/mol. The first kappa shape index (κ1) is 15.1. The van der Waals surface area contributed by atoms with Crippen LogP contribution in [0.3, 0.4) is 0 Å². The Balaban J connectivity index is 2.13. The maximum absolute atomic E-state index is 5.48. The minimum Gasteiger partial charge on any atom is -0.380 e. The Kier molecular flexibility index (Phi) is 7.60. The largest absolute Gasteiger partial charge is 0.380 e. The van der Waals surface area contributed by atoms with Gasteiger partial charge in [0, 0.05) is 19.7 Å². The van der Waals surface area contributed by atoms with Gasteiger partial charge in [-0.05, 0) is 12.3 Å². The van der Waals surface area contributed by atoms with E-state index < -0.39 is 0 Å². The Bertz CT molecular complexity index is 312. The number of nitrogens with one attached hydrogen (secondary N) is 1. The van der Waals surface area contributed by atoms with Crippen molar-refractivity contribution in [1.82, 2.24) is 20.1 Å². The van der Waals surface area contributed by atoms with Crippen molar-refractivity contribution >= 4 is 0 Å². The van der Waals surface area contributed by atoms with Crippen LogP contribution in [0.1, 0.15) is 39.4 Å². The molecule has 0 aliphatic carbocycles. The molecule has 1 heterocycles. The molecule has 0 saturated carbocycles. The fourth-order valence-corrected chi connectivity index (χ4v) is 1.62. The molecule has 0 bridgehead atoms. The highest BCUT2D eigenvalue weighted by atomic mass is 16.5. The average Bonchev–Trinajstić information content (AvgIpc) is 2.75. The van der Waals surface area contributed by atoms with Gasteiger partial charge >= 0.3 is 0 Å². The van der Waals surface area contributed by atoms with Crippen molar-refractivity contribution in [3.63, 3.8) is 0 Å². The Morgan fingerprint density at radius 1 is 1.39 bits per heavy atom. The first-order chi connectivity index (χ1) is 8.74. The predicted molar refractivity (Wildman–Crippen MR) is 72.3 cm³/mol. The Morgan fingerprint density at radius 2 is 2.22 bits per heavy atom. The molecule has 18 heavy (non-hydrogen) atoms. The summed E-state index contributed by atoms with van der Waals surface area (Å²) in [6, 6.07) is 0. The first-order valence-electron chi connectivity index (χ1n) is 6.89. The van der Waals surface area contributed by atoms with Gasteiger partial charge in [0.25, 0.3) is 0 Å². The maximum Gasteiger partial charge on any atom is 0.140 e. The summed E-state index contributed by atoms with van der Waals surface area (Å²) in [6.45, 7) is 10.7. The van der Waals surface area contributed by atoms with Crippen molar-refractivity contribution in [1.29, 1.82) is 0 Å². The number of nitrogens with zero attached hydrogens (tertiary/aromatic N) is 3. The van der Waals surface area contributed by atoms with E-state index in [4.69, 9.17) is 4.74 Å². The van der Waals surface area contributed by atoms with Crippen LogP contribution in [0.2, 0.25) is 0 Å². The fourth-order valence-electron chi connectivity index (χ4n) is 1.62. The van der Waals surface area contributed by atoms with Gasteiger partial charge in [0.05, 0.1) is 13.2 Å². The lowest BCUT2D eigenvalue weighted by molar-refractivity contribution is 0.132. The standard InChI is InChI=1S/C13H26N4O/c1-4-5-7-18-8-6-14-9-13-15-11-16-17(13)10-12(2)3/h11-12,14H,4-10H2,1-3H3. The van der Waals surface area contributed by atoms with Crippen LogP contribution < -0.4 is 5.32 Å². The van der Waals surface area contributed by atoms with E-state index in [1.165, 1.54) is 6.42 Å². The topological polar surface area (TPSA) is 52.0 Å². The highest BCUT2D eigenvalue weighted by Gasteiger charge is 2.05. The second kappa shape index (κ2) is 9.05. The van der Waals surface area contributed by atoms with Crippen molar-refractivity contribution < 1.29 is 4.74 Å². The van der Waals surface area contributed by atoms with E-state index >= 15 is 0 Å². The summed E-state index contributed by atoms with van der Waals surface area (Å²) < 4.78 is 7.45. The van der Waals surface area contributed by atoms with Gasteiger partial charge in [-0.15, -0.1) is 0 Å². The van der Waals surface area contributed by atoms with E-state index in [0.29, 0.717) is 5.92 Å². The minimum atomic E-state index is 0.586. The minimum absolute atomic E-state index is 0.586. The molecule has 0 saturated heterocycles. The lowest BCUT2D eigenvalue weighted by Gasteiger charge is -2.09. The fraction of sp³-hybridized carbons (Fsp3) is 0.846. The number of hydrogen-bond donors (Lipinski definition) is 1. The predicted octanol–water partition coefficient (Wildman–Crippen LogP) is 1.84. The zero-order valence-electron chi connectivity index (χ0n) is 11.9. The summed E-state index contributed by atoms with van der Waals surface area (Å²) in [6.07, 6.45) is 3.95. The summed E-state index contributed by atoms with van der Waals surface area (Å²) in [5.74, 6) is 1.58. The molecule has 1 aromatic heterocycles. The molecule has 1 aromatic rings. The lowest BCUT2D eigenvalue weighted by Crippen LogP contribution is -2.22. The molecule has 0 amide bonds. The van der Waals surface area contributed by atoms with Crippen LogP contribution in [0, 0.1) is 5.92 Å². The van der Waals surface area contributed by atoms with Crippen LogP contribution in [-0.2, 0) is 17.8 Å². The van der Waals surface area contributed by atoms with Gasteiger partial charge in [0.2, 0.25) is 0 Å². The van der Waals surface area contributed by atoms with Crippen LogP contribution in [0.5, 0.6) is 0 Å². The third kappa shape index (κ3) is 6.12. The number of unbranched alkanes of at least 4 members (excludes halogenated alkanes) is 1. The van der Waals surface area contributed by atoms with E-state index in [1.807, 2.05) is 4.68 Å². The van der Waals surface area contributed by atoms with Gasteiger partial charge in [-0.1, -0.05) is 27.2 Å². The van der Waals surface area contributed by atoms with E-state index in [1.54, 1.807) is 6.33 Å². The molecule has 5 nitrogen and oxygen atoms in total. The number of aromatic nitrogens is 3.